The van der Waals surface area contributed by atoms with Crippen LogP contribution in [-0.2, 0) is 18.3 Å². The van der Waals surface area contributed by atoms with E-state index in [1.54, 1.807) is 11.1 Å². The predicted octanol–water partition coefficient (Wildman–Crippen LogP) is 7.82. The van der Waals surface area contributed by atoms with Crippen LogP contribution in [0.5, 0.6) is 0 Å². The molecule has 4 rings (SSSR count). The molecule has 27 heavy (non-hydrogen) atoms. The van der Waals surface area contributed by atoms with Crippen LogP contribution in [0.4, 0.5) is 0 Å². The van der Waals surface area contributed by atoms with E-state index in [0.717, 1.165) is 0 Å². The first-order valence-electron chi connectivity index (χ1n) is 9.97. The minimum absolute atomic E-state index is 0.187. The average molecular weight is 399 g/mol. The molecule has 2 aromatic carbocycles. The summed E-state index contributed by atoms with van der Waals surface area (Å²) < 4.78 is 0. The highest BCUT2D eigenvalue weighted by atomic mass is 35.7. The summed E-state index contributed by atoms with van der Waals surface area (Å²) in [4.78, 5) is 0. The molecule has 0 radical (unpaired) electrons. The summed E-state index contributed by atoms with van der Waals surface area (Å²) in [5, 5.41) is 0.382. The van der Waals surface area contributed by atoms with Crippen molar-refractivity contribution in [1.29, 1.82) is 0 Å². The molecular weight excluding hydrogens is 368 g/mol. The lowest BCUT2D eigenvalue weighted by molar-refractivity contribution is 0.590. The summed E-state index contributed by atoms with van der Waals surface area (Å²) >= 11 is 0. The maximum absolute atomic E-state index is 6.92. The number of rotatable bonds is 2. The third kappa shape index (κ3) is 3.28. The highest BCUT2D eigenvalue weighted by Crippen LogP contribution is 2.65. The third-order valence-corrected chi connectivity index (χ3v) is 8.42. The Morgan fingerprint density at radius 3 is 2.30 bits per heavy atom. The Morgan fingerprint density at radius 1 is 1.04 bits per heavy atom. The largest absolute Gasteiger partial charge is 0.158 e. The van der Waals surface area contributed by atoms with E-state index in [-0.39, 0.29) is 5.41 Å². The minimum Gasteiger partial charge on any atom is -0.158 e. The zero-order valence-electron chi connectivity index (χ0n) is 17.4. The number of hydrogen-bond acceptors (Lipinski definition) is 0. The van der Waals surface area contributed by atoms with E-state index in [9.17, 15) is 0 Å². The van der Waals surface area contributed by atoms with Gasteiger partial charge in [-0.3, -0.25) is 0 Å². The molecule has 0 heterocycles. The average Bonchev–Trinajstić information content (AvgIpc) is 3.14. The highest BCUT2D eigenvalue weighted by molar-refractivity contribution is 8.50. The molecule has 1 atom stereocenters. The zero-order chi connectivity index (χ0) is 19.6. The molecule has 2 aliphatic rings. The van der Waals surface area contributed by atoms with Crippen LogP contribution in [0.3, 0.4) is 0 Å². The van der Waals surface area contributed by atoms with E-state index in [0.29, 0.717) is 5.25 Å². The van der Waals surface area contributed by atoms with Crippen LogP contribution in [0.15, 0.2) is 35.9 Å². The van der Waals surface area contributed by atoms with Crippen LogP contribution in [0.25, 0.3) is 17.2 Å². The molecule has 0 amide bonds. The van der Waals surface area contributed by atoms with Crippen molar-refractivity contribution in [3.63, 3.8) is 0 Å². The maximum atomic E-state index is 6.92. The molecule has 2 heteroatoms. The normalized spacial score (nSPS) is 19.7. The van der Waals surface area contributed by atoms with Gasteiger partial charge in [-0.15, -0.1) is 0 Å². The second-order valence-corrected chi connectivity index (χ2v) is 15.0. The Labute approximate surface area is 170 Å². The summed E-state index contributed by atoms with van der Waals surface area (Å²) in [5.74, 6) is 0. The molecular formula is C25H31ClS. The van der Waals surface area contributed by atoms with Gasteiger partial charge >= 0.3 is 0 Å². The summed E-state index contributed by atoms with van der Waals surface area (Å²) in [6.07, 6.45) is 10.6. The van der Waals surface area contributed by atoms with Gasteiger partial charge in [-0.2, -0.15) is 9.24 Å². The SMILES string of the molecule is CC1=Cc2c(cc3c(c2-c2ccc(C(C)(C)C)cc2)CCC3)C1S(C)(C)Cl. The van der Waals surface area contributed by atoms with E-state index in [1.165, 1.54) is 52.7 Å². The van der Waals surface area contributed by atoms with Gasteiger partial charge in [-0.05, 0) is 83.1 Å². The standard InChI is InChI=1S/C25H31ClS/c1-16-14-21-22(24(16)27(5,6)26)15-18-8-7-9-20(18)23(21)17-10-12-19(13-11-17)25(2,3)4/h10-15,24H,7-9H2,1-6H3. The molecule has 144 valence electrons. The minimum atomic E-state index is -1.20. The van der Waals surface area contributed by atoms with Crippen LogP contribution in [0, 0.1) is 0 Å². The van der Waals surface area contributed by atoms with Gasteiger partial charge in [-0.25, -0.2) is 0 Å². The second-order valence-electron chi connectivity index (χ2n) is 9.62. The smallest absolute Gasteiger partial charge is 0.0474 e. The number of benzene rings is 2. The fourth-order valence-corrected chi connectivity index (χ4v) is 7.38. The van der Waals surface area contributed by atoms with Crippen molar-refractivity contribution in [2.24, 2.45) is 0 Å². The molecule has 0 saturated carbocycles. The molecule has 0 nitrogen and oxygen atoms in total. The van der Waals surface area contributed by atoms with Crippen molar-refractivity contribution in [2.75, 3.05) is 12.5 Å². The lowest BCUT2D eigenvalue weighted by Gasteiger charge is -2.33. The fourth-order valence-electron chi connectivity index (χ4n) is 4.92. The van der Waals surface area contributed by atoms with Crippen LogP contribution in [-0.4, -0.2) is 12.5 Å². The van der Waals surface area contributed by atoms with Gasteiger partial charge in [0.25, 0.3) is 0 Å². The molecule has 0 spiro atoms. The lowest BCUT2D eigenvalue weighted by atomic mass is 9.84. The number of aryl methyl sites for hydroxylation is 1. The number of halogens is 1. The Balaban J connectivity index is 1.92. The van der Waals surface area contributed by atoms with Crippen LogP contribution in [0.2, 0.25) is 0 Å². The van der Waals surface area contributed by atoms with Crippen LogP contribution in [0.1, 0.15) is 67.2 Å². The Hall–Kier alpha value is -1.18. The Kier molecular flexibility index (Phi) is 4.56. The molecule has 0 saturated heterocycles. The van der Waals surface area contributed by atoms with E-state index in [4.69, 9.17) is 10.7 Å². The van der Waals surface area contributed by atoms with E-state index in [1.807, 2.05) is 0 Å². The number of fused-ring (bicyclic) bond motifs is 2. The monoisotopic (exact) mass is 398 g/mol. The van der Waals surface area contributed by atoms with Crippen molar-refractivity contribution in [1.82, 2.24) is 0 Å². The molecule has 0 aromatic heterocycles. The molecule has 0 fully saturated rings. The molecule has 0 aliphatic heterocycles. The topological polar surface area (TPSA) is 0 Å². The maximum Gasteiger partial charge on any atom is 0.0474 e. The summed E-state index contributed by atoms with van der Waals surface area (Å²) in [5.41, 5.74) is 11.9. The fraction of sp³-hybridized carbons (Fsp3) is 0.440. The van der Waals surface area contributed by atoms with Gasteiger partial charge in [0.1, 0.15) is 0 Å². The Morgan fingerprint density at radius 2 is 1.70 bits per heavy atom. The zero-order valence-corrected chi connectivity index (χ0v) is 19.0. The lowest BCUT2D eigenvalue weighted by Crippen LogP contribution is -2.10. The van der Waals surface area contributed by atoms with Crippen molar-refractivity contribution < 1.29 is 0 Å². The van der Waals surface area contributed by atoms with Crippen LogP contribution >= 0.6 is 19.9 Å². The first kappa shape index (κ1) is 19.2. The first-order chi connectivity index (χ1) is 12.6. The van der Waals surface area contributed by atoms with Crippen LogP contribution < -0.4 is 0 Å². The van der Waals surface area contributed by atoms with Gasteiger partial charge in [-0.1, -0.05) is 73.4 Å². The Bertz CT molecular complexity index is 921. The van der Waals surface area contributed by atoms with Crippen molar-refractivity contribution >= 4 is 26.0 Å². The quantitative estimate of drug-likeness (QED) is 0.483. The van der Waals surface area contributed by atoms with Crippen molar-refractivity contribution in [3.05, 3.63) is 63.7 Å². The molecule has 1 unspecified atom stereocenters. The van der Waals surface area contributed by atoms with Gasteiger partial charge in [0.15, 0.2) is 0 Å². The molecule has 0 N–H and O–H groups in total. The van der Waals surface area contributed by atoms with E-state index in [2.05, 4.69) is 76.6 Å². The third-order valence-electron chi connectivity index (χ3n) is 6.14. The first-order valence-corrected chi connectivity index (χ1v) is 13.3. The second kappa shape index (κ2) is 6.42. The van der Waals surface area contributed by atoms with Gasteiger partial charge in [0.2, 0.25) is 0 Å². The number of hydrogen-bond donors (Lipinski definition) is 0. The van der Waals surface area contributed by atoms with E-state index < -0.39 is 9.24 Å². The van der Waals surface area contributed by atoms with Gasteiger partial charge < -0.3 is 0 Å². The van der Waals surface area contributed by atoms with Crippen molar-refractivity contribution in [3.8, 4) is 11.1 Å². The van der Waals surface area contributed by atoms with Gasteiger partial charge in [0, 0.05) is 5.25 Å². The van der Waals surface area contributed by atoms with E-state index >= 15 is 0 Å². The summed E-state index contributed by atoms with van der Waals surface area (Å²) in [7, 11) is 5.72. The molecule has 2 aliphatic carbocycles. The predicted molar refractivity (Wildman–Crippen MR) is 124 cm³/mol. The van der Waals surface area contributed by atoms with Crippen molar-refractivity contribution in [2.45, 2.75) is 57.6 Å². The summed E-state index contributed by atoms with van der Waals surface area (Å²) in [6.45, 7) is 9.10. The highest BCUT2D eigenvalue weighted by Gasteiger charge is 2.35. The van der Waals surface area contributed by atoms with Gasteiger partial charge in [0.05, 0.1) is 0 Å². The molecule has 2 aromatic rings. The summed E-state index contributed by atoms with van der Waals surface area (Å²) in [6, 6.07) is 11.8. The molecule has 0 bridgehead atoms.